The zero-order valence-electron chi connectivity index (χ0n) is 20.4. The van der Waals surface area contributed by atoms with Crippen LogP contribution in [-0.4, -0.2) is 32.1 Å². The standard InChI is InChI=1S/2C12H11F3N2OS/c2*1-17-11(18)6-9(16-17)7-3-4-10(19-2)8(5-7)12(13,14)15/h2*3-6,16H,1-2H3. The molecule has 0 saturated heterocycles. The molecule has 4 rings (SSSR count). The average Bonchev–Trinajstić information content (AvgIpc) is 3.37. The Morgan fingerprint density at radius 3 is 1.21 bits per heavy atom. The van der Waals surface area contributed by atoms with Crippen molar-refractivity contribution in [2.75, 3.05) is 12.5 Å². The molecule has 0 radical (unpaired) electrons. The van der Waals surface area contributed by atoms with E-state index in [0.717, 1.165) is 35.7 Å². The maximum atomic E-state index is 12.9. The van der Waals surface area contributed by atoms with Crippen molar-refractivity contribution in [3.8, 4) is 22.5 Å². The van der Waals surface area contributed by atoms with Gasteiger partial charge >= 0.3 is 12.4 Å². The van der Waals surface area contributed by atoms with Crippen molar-refractivity contribution in [2.45, 2.75) is 22.1 Å². The van der Waals surface area contributed by atoms with Gasteiger partial charge in [0.15, 0.2) is 0 Å². The quantitative estimate of drug-likeness (QED) is 0.223. The van der Waals surface area contributed by atoms with Gasteiger partial charge in [0.25, 0.3) is 11.1 Å². The van der Waals surface area contributed by atoms with Crippen molar-refractivity contribution >= 4 is 23.5 Å². The molecule has 0 fully saturated rings. The number of aryl methyl sites for hydroxylation is 2. The van der Waals surface area contributed by atoms with E-state index in [4.69, 9.17) is 0 Å². The van der Waals surface area contributed by atoms with Gasteiger partial charge in [0.2, 0.25) is 0 Å². The number of hydrogen-bond donors (Lipinski definition) is 2. The van der Waals surface area contributed by atoms with Crippen molar-refractivity contribution in [1.29, 1.82) is 0 Å². The SMILES string of the molecule is CSc1ccc(-c2cc(=O)n(C)[nH]2)cc1C(F)(F)F.CSc1ccc(-c2cc(=O)n(C)[nH]2)cc1C(F)(F)F. The van der Waals surface area contributed by atoms with Gasteiger partial charge in [-0.1, -0.05) is 12.1 Å². The number of rotatable bonds is 4. The van der Waals surface area contributed by atoms with E-state index in [-0.39, 0.29) is 20.9 Å². The van der Waals surface area contributed by atoms with Crippen LogP contribution >= 0.6 is 23.5 Å². The number of aromatic amines is 2. The molecule has 0 saturated carbocycles. The highest BCUT2D eigenvalue weighted by Gasteiger charge is 2.34. The van der Waals surface area contributed by atoms with E-state index in [1.165, 1.54) is 47.7 Å². The second kappa shape index (κ2) is 11.2. The van der Waals surface area contributed by atoms with Crippen molar-refractivity contribution in [3.05, 3.63) is 80.4 Å². The van der Waals surface area contributed by atoms with Crippen LogP contribution in [0.4, 0.5) is 26.3 Å². The number of H-pyrrole nitrogens is 2. The Hall–Kier alpha value is -3.26. The van der Waals surface area contributed by atoms with Crippen LogP contribution in [0, 0.1) is 0 Å². The Morgan fingerprint density at radius 2 is 0.974 bits per heavy atom. The molecule has 0 atom stereocenters. The summed E-state index contributed by atoms with van der Waals surface area (Å²) in [5, 5.41) is 5.41. The lowest BCUT2D eigenvalue weighted by Gasteiger charge is -2.12. The van der Waals surface area contributed by atoms with Crippen LogP contribution in [0.5, 0.6) is 0 Å². The molecule has 2 aromatic carbocycles. The van der Waals surface area contributed by atoms with Gasteiger partial charge in [-0.05, 0) is 36.8 Å². The number of nitrogens with zero attached hydrogens (tertiary/aromatic N) is 2. The first-order valence-electron chi connectivity index (χ1n) is 10.7. The summed E-state index contributed by atoms with van der Waals surface area (Å²) in [6.07, 6.45) is -5.64. The van der Waals surface area contributed by atoms with Gasteiger partial charge in [-0.2, -0.15) is 26.3 Å². The summed E-state index contributed by atoms with van der Waals surface area (Å²) in [6.45, 7) is 0. The molecule has 2 N–H and O–H groups in total. The molecule has 38 heavy (non-hydrogen) atoms. The Labute approximate surface area is 221 Å². The molecule has 2 heterocycles. The van der Waals surface area contributed by atoms with Crippen molar-refractivity contribution < 1.29 is 26.3 Å². The molecule has 0 unspecified atom stereocenters. The summed E-state index contributed by atoms with van der Waals surface area (Å²) < 4.78 is 80.0. The molecule has 0 aliphatic heterocycles. The summed E-state index contributed by atoms with van der Waals surface area (Å²) in [6, 6.07) is 10.6. The summed E-state index contributed by atoms with van der Waals surface area (Å²) in [5.74, 6) is 0. The Balaban J connectivity index is 0.000000211. The van der Waals surface area contributed by atoms with Crippen molar-refractivity contribution in [3.63, 3.8) is 0 Å². The van der Waals surface area contributed by atoms with Gasteiger partial charge in [0.1, 0.15) is 0 Å². The third-order valence-corrected chi connectivity index (χ3v) is 7.00. The van der Waals surface area contributed by atoms with E-state index in [2.05, 4.69) is 10.2 Å². The molecule has 0 bridgehead atoms. The fourth-order valence-electron chi connectivity index (χ4n) is 3.47. The summed E-state index contributed by atoms with van der Waals surface area (Å²) >= 11 is 2.07. The summed E-state index contributed by atoms with van der Waals surface area (Å²) in [7, 11) is 3.01. The normalized spacial score (nSPS) is 11.8. The maximum Gasteiger partial charge on any atom is 0.417 e. The number of halogens is 6. The second-order valence-corrected chi connectivity index (χ2v) is 9.66. The predicted molar refractivity (Wildman–Crippen MR) is 137 cm³/mol. The fraction of sp³-hybridized carbons (Fsp3) is 0.250. The molecule has 204 valence electrons. The zero-order chi connectivity index (χ0) is 28.4. The van der Waals surface area contributed by atoms with Gasteiger partial charge in [0.05, 0.1) is 22.5 Å². The lowest BCUT2D eigenvalue weighted by molar-refractivity contribution is -0.140. The first kappa shape index (κ1) is 29.3. The number of thioether (sulfide) groups is 2. The Kier molecular flexibility index (Phi) is 8.66. The molecule has 6 nitrogen and oxygen atoms in total. The van der Waals surface area contributed by atoms with Crippen LogP contribution in [0.1, 0.15) is 11.1 Å². The topological polar surface area (TPSA) is 75.6 Å². The van der Waals surface area contributed by atoms with Crippen LogP contribution in [0.25, 0.3) is 22.5 Å². The van der Waals surface area contributed by atoms with E-state index in [9.17, 15) is 35.9 Å². The molecule has 14 heteroatoms. The first-order chi connectivity index (χ1) is 17.6. The van der Waals surface area contributed by atoms with Crippen molar-refractivity contribution in [2.24, 2.45) is 14.1 Å². The third kappa shape index (κ3) is 6.59. The van der Waals surface area contributed by atoms with E-state index >= 15 is 0 Å². The predicted octanol–water partition coefficient (Wildman–Crippen LogP) is 6.24. The summed E-state index contributed by atoms with van der Waals surface area (Å²) in [5.41, 5.74) is -0.568. The van der Waals surface area contributed by atoms with Gasteiger partial charge in [-0.3, -0.25) is 29.2 Å². The highest BCUT2D eigenvalue weighted by atomic mass is 32.2. The minimum absolute atomic E-state index is 0.162. The number of alkyl halides is 6. The van der Waals surface area contributed by atoms with Crippen LogP contribution in [0.2, 0.25) is 0 Å². The monoisotopic (exact) mass is 576 g/mol. The minimum atomic E-state index is -4.41. The molecular weight excluding hydrogens is 554 g/mol. The number of benzene rings is 2. The maximum absolute atomic E-state index is 12.9. The van der Waals surface area contributed by atoms with E-state index in [0.29, 0.717) is 22.5 Å². The number of hydrogen-bond acceptors (Lipinski definition) is 4. The number of nitrogens with one attached hydrogen (secondary N) is 2. The van der Waals surface area contributed by atoms with Gasteiger partial charge in [-0.15, -0.1) is 23.5 Å². The van der Waals surface area contributed by atoms with Crippen LogP contribution in [-0.2, 0) is 26.4 Å². The van der Waals surface area contributed by atoms with Gasteiger partial charge in [-0.25, -0.2) is 0 Å². The van der Waals surface area contributed by atoms with E-state index in [1.807, 2.05) is 0 Å². The van der Waals surface area contributed by atoms with Crippen LogP contribution < -0.4 is 11.1 Å². The van der Waals surface area contributed by atoms with Gasteiger partial charge < -0.3 is 0 Å². The van der Waals surface area contributed by atoms with E-state index < -0.39 is 23.5 Å². The van der Waals surface area contributed by atoms with Gasteiger partial charge in [0, 0.05) is 47.1 Å². The smallest absolute Gasteiger partial charge is 0.295 e. The van der Waals surface area contributed by atoms with Crippen LogP contribution in [0.15, 0.2) is 67.9 Å². The fourth-order valence-corrected chi connectivity index (χ4v) is 4.66. The minimum Gasteiger partial charge on any atom is -0.295 e. The Bertz CT molecular complexity index is 1430. The zero-order valence-corrected chi connectivity index (χ0v) is 22.0. The second-order valence-electron chi connectivity index (χ2n) is 7.96. The first-order valence-corrected chi connectivity index (χ1v) is 13.1. The lowest BCUT2D eigenvalue weighted by Crippen LogP contribution is -2.09. The van der Waals surface area contributed by atoms with Crippen LogP contribution in [0.3, 0.4) is 0 Å². The van der Waals surface area contributed by atoms with Crippen molar-refractivity contribution in [1.82, 2.24) is 19.6 Å². The highest BCUT2D eigenvalue weighted by Crippen LogP contribution is 2.39. The molecule has 0 aliphatic rings. The Morgan fingerprint density at radius 1 is 0.632 bits per heavy atom. The molecule has 4 aromatic rings. The average molecular weight is 577 g/mol. The summed E-state index contributed by atoms with van der Waals surface area (Å²) in [4.78, 5) is 23.0. The lowest BCUT2D eigenvalue weighted by atomic mass is 10.1. The van der Waals surface area contributed by atoms with E-state index in [1.54, 1.807) is 24.6 Å². The molecule has 0 spiro atoms. The largest absolute Gasteiger partial charge is 0.417 e. The molecule has 0 aliphatic carbocycles. The molecule has 0 amide bonds. The molecular formula is C24H22F6N4O2S2. The third-order valence-electron chi connectivity index (χ3n) is 5.40. The highest BCUT2D eigenvalue weighted by molar-refractivity contribution is 7.98. The number of aromatic nitrogens is 4. The molecule has 2 aromatic heterocycles.